The Balaban J connectivity index is 1.80. The zero-order valence-electron chi connectivity index (χ0n) is 12.9. The van der Waals surface area contributed by atoms with Gasteiger partial charge in [-0.1, -0.05) is 30.9 Å². The van der Waals surface area contributed by atoms with E-state index in [1.807, 2.05) is 0 Å². The van der Waals surface area contributed by atoms with Gasteiger partial charge in [0.2, 0.25) is 10.0 Å². The van der Waals surface area contributed by atoms with Crippen LogP contribution in [-0.4, -0.2) is 27.0 Å². The lowest BCUT2D eigenvalue weighted by Gasteiger charge is -2.29. The molecule has 0 aliphatic heterocycles. The van der Waals surface area contributed by atoms with Gasteiger partial charge in [0.15, 0.2) is 0 Å². The lowest BCUT2D eigenvalue weighted by atomic mass is 9.85. The highest BCUT2D eigenvalue weighted by molar-refractivity contribution is 7.89. The van der Waals surface area contributed by atoms with Crippen molar-refractivity contribution in [2.45, 2.75) is 30.2 Å². The average molecular weight is 335 g/mol. The van der Waals surface area contributed by atoms with Gasteiger partial charge in [0.25, 0.3) is 0 Å². The third-order valence-corrected chi connectivity index (χ3v) is 6.35. The van der Waals surface area contributed by atoms with E-state index in [1.165, 1.54) is 6.08 Å². The van der Waals surface area contributed by atoms with Crippen LogP contribution < -0.4 is 4.72 Å². The zero-order valence-corrected chi connectivity index (χ0v) is 13.7. The van der Waals surface area contributed by atoms with Gasteiger partial charge >= 0.3 is 5.97 Å². The monoisotopic (exact) mass is 335 g/mol. The lowest BCUT2D eigenvalue weighted by Crippen LogP contribution is -2.47. The van der Waals surface area contributed by atoms with E-state index in [0.717, 1.165) is 19.3 Å². The van der Waals surface area contributed by atoms with E-state index in [9.17, 15) is 13.2 Å². The van der Waals surface area contributed by atoms with Crippen LogP contribution in [-0.2, 0) is 19.6 Å². The first-order valence-electron chi connectivity index (χ1n) is 7.88. The van der Waals surface area contributed by atoms with Crippen LogP contribution in [0, 0.1) is 17.8 Å². The summed E-state index contributed by atoms with van der Waals surface area (Å²) in [6, 6.07) is 7.88. The second-order valence-corrected chi connectivity index (χ2v) is 7.95. The fraction of sp³-hybridized carbons (Fsp3) is 0.471. The van der Waals surface area contributed by atoms with E-state index in [2.05, 4.69) is 11.3 Å². The Hall–Kier alpha value is -1.66. The van der Waals surface area contributed by atoms with E-state index in [1.54, 1.807) is 30.3 Å². The predicted molar refractivity (Wildman–Crippen MR) is 86.0 cm³/mol. The van der Waals surface area contributed by atoms with Crippen molar-refractivity contribution < 1.29 is 17.9 Å². The first-order chi connectivity index (χ1) is 11.0. The molecule has 4 unspecified atom stereocenters. The first-order valence-corrected chi connectivity index (χ1v) is 9.36. The Morgan fingerprint density at radius 3 is 2.65 bits per heavy atom. The molecule has 1 aromatic rings. The molecule has 0 radical (unpaired) electrons. The minimum Gasteiger partial charge on any atom is -0.461 e. The molecule has 1 aromatic carbocycles. The van der Waals surface area contributed by atoms with Crippen LogP contribution in [0.4, 0.5) is 0 Å². The van der Waals surface area contributed by atoms with Gasteiger partial charge in [-0.05, 0) is 43.2 Å². The maximum absolute atomic E-state index is 12.6. The number of esters is 1. The van der Waals surface area contributed by atoms with Crippen LogP contribution in [0.1, 0.15) is 19.3 Å². The molecule has 0 spiro atoms. The molecular formula is C17H21NO4S. The molecule has 2 aliphatic rings. The zero-order chi connectivity index (χ0) is 16.4. The molecule has 5 nitrogen and oxygen atoms in total. The number of carbonyl (C=O) groups excluding carboxylic acids is 1. The number of fused-ring (bicyclic) bond motifs is 2. The summed E-state index contributed by atoms with van der Waals surface area (Å²) in [4.78, 5) is 12.5. The molecule has 23 heavy (non-hydrogen) atoms. The summed E-state index contributed by atoms with van der Waals surface area (Å²) in [5.41, 5.74) is 0. The normalized spacial score (nSPS) is 29.4. The standard InChI is InChI=1S/C17H21NO4S/c1-2-10-22-17(19)15-12-8-9-13(11-12)16(15)18-23(20,21)14-6-4-3-5-7-14/h2-7,12-13,15-16,18H,1,8-11H2. The molecule has 124 valence electrons. The van der Waals surface area contributed by atoms with Crippen molar-refractivity contribution >= 4 is 16.0 Å². The van der Waals surface area contributed by atoms with Crippen LogP contribution in [0.5, 0.6) is 0 Å². The number of hydrogen-bond donors (Lipinski definition) is 1. The highest BCUT2D eigenvalue weighted by Gasteiger charge is 2.52. The summed E-state index contributed by atoms with van der Waals surface area (Å²) >= 11 is 0. The molecular weight excluding hydrogens is 314 g/mol. The number of sulfonamides is 1. The van der Waals surface area contributed by atoms with Crippen LogP contribution in [0.25, 0.3) is 0 Å². The quantitative estimate of drug-likeness (QED) is 0.638. The van der Waals surface area contributed by atoms with Crippen molar-refractivity contribution in [1.29, 1.82) is 0 Å². The number of hydrogen-bond acceptors (Lipinski definition) is 4. The molecule has 1 N–H and O–H groups in total. The van der Waals surface area contributed by atoms with Gasteiger partial charge in [-0.3, -0.25) is 4.79 Å². The minimum absolute atomic E-state index is 0.158. The maximum atomic E-state index is 12.6. The van der Waals surface area contributed by atoms with Gasteiger partial charge in [0.05, 0.1) is 10.8 Å². The number of carbonyl (C=O) groups is 1. The lowest BCUT2D eigenvalue weighted by molar-refractivity contribution is -0.149. The minimum atomic E-state index is -3.63. The van der Waals surface area contributed by atoms with Crippen LogP contribution in [0.2, 0.25) is 0 Å². The van der Waals surface area contributed by atoms with Crippen molar-refractivity contribution in [3.05, 3.63) is 43.0 Å². The van der Waals surface area contributed by atoms with Gasteiger partial charge in [-0.2, -0.15) is 0 Å². The third-order valence-electron chi connectivity index (χ3n) is 4.88. The first kappa shape index (κ1) is 16.2. The summed E-state index contributed by atoms with van der Waals surface area (Å²) in [5, 5.41) is 0. The Morgan fingerprint density at radius 1 is 1.26 bits per heavy atom. The second-order valence-electron chi connectivity index (χ2n) is 6.24. The SMILES string of the molecule is C=CCOC(=O)C1C2CCC(C2)C1NS(=O)(=O)c1ccccc1. The summed E-state index contributed by atoms with van der Waals surface area (Å²) in [6.07, 6.45) is 4.32. The molecule has 3 rings (SSSR count). The van der Waals surface area contributed by atoms with Crippen LogP contribution >= 0.6 is 0 Å². The molecule has 6 heteroatoms. The third kappa shape index (κ3) is 3.19. The predicted octanol–water partition coefficient (Wildman–Crippen LogP) is 2.11. The molecule has 2 fully saturated rings. The van der Waals surface area contributed by atoms with Gasteiger partial charge in [-0.15, -0.1) is 0 Å². The fourth-order valence-corrected chi connectivity index (χ4v) is 5.23. The second kappa shape index (κ2) is 6.45. The number of ether oxygens (including phenoxy) is 1. The summed E-state index contributed by atoms with van der Waals surface area (Å²) in [7, 11) is -3.63. The Bertz CT molecular complexity index is 686. The molecule has 0 heterocycles. The topological polar surface area (TPSA) is 72.5 Å². The molecule has 2 bridgehead atoms. The van der Waals surface area contributed by atoms with Crippen LogP contribution in [0.3, 0.4) is 0 Å². The van der Waals surface area contributed by atoms with E-state index < -0.39 is 15.9 Å². The Kier molecular flexibility index (Phi) is 4.55. The average Bonchev–Trinajstić information content (AvgIpc) is 3.14. The number of nitrogens with one attached hydrogen (secondary N) is 1. The van der Waals surface area contributed by atoms with Crippen molar-refractivity contribution in [1.82, 2.24) is 4.72 Å². The van der Waals surface area contributed by atoms with E-state index in [-0.39, 0.29) is 35.3 Å². The van der Waals surface area contributed by atoms with Crippen molar-refractivity contribution in [3.8, 4) is 0 Å². The number of benzene rings is 1. The van der Waals surface area contributed by atoms with E-state index >= 15 is 0 Å². The summed E-state index contributed by atoms with van der Waals surface area (Å²) in [6.45, 7) is 3.69. The van der Waals surface area contributed by atoms with Gasteiger partial charge in [0.1, 0.15) is 6.61 Å². The van der Waals surface area contributed by atoms with Crippen molar-refractivity contribution in [3.63, 3.8) is 0 Å². The Morgan fingerprint density at radius 2 is 1.96 bits per heavy atom. The molecule has 4 atom stereocenters. The van der Waals surface area contributed by atoms with Crippen molar-refractivity contribution in [2.75, 3.05) is 6.61 Å². The molecule has 0 saturated heterocycles. The molecule has 0 amide bonds. The highest BCUT2D eigenvalue weighted by atomic mass is 32.2. The van der Waals surface area contributed by atoms with E-state index in [0.29, 0.717) is 0 Å². The molecule has 0 aromatic heterocycles. The van der Waals surface area contributed by atoms with Gasteiger partial charge < -0.3 is 4.74 Å². The summed E-state index contributed by atoms with van der Waals surface area (Å²) in [5.74, 6) is -0.300. The molecule has 2 saturated carbocycles. The van der Waals surface area contributed by atoms with Crippen molar-refractivity contribution in [2.24, 2.45) is 17.8 Å². The largest absolute Gasteiger partial charge is 0.461 e. The summed E-state index contributed by atoms with van der Waals surface area (Å²) < 4.78 is 33.1. The Labute approximate surface area is 136 Å². The highest BCUT2D eigenvalue weighted by Crippen LogP contribution is 2.49. The maximum Gasteiger partial charge on any atom is 0.311 e. The van der Waals surface area contributed by atoms with E-state index in [4.69, 9.17) is 4.74 Å². The van der Waals surface area contributed by atoms with Crippen LogP contribution in [0.15, 0.2) is 47.9 Å². The van der Waals surface area contributed by atoms with Gasteiger partial charge in [-0.25, -0.2) is 13.1 Å². The fourth-order valence-electron chi connectivity index (χ4n) is 3.88. The number of rotatable bonds is 6. The molecule has 2 aliphatic carbocycles. The smallest absolute Gasteiger partial charge is 0.311 e. The van der Waals surface area contributed by atoms with Gasteiger partial charge in [0, 0.05) is 6.04 Å².